The lowest BCUT2D eigenvalue weighted by Crippen LogP contribution is -2.42. The number of hydrogen-bond acceptors (Lipinski definition) is 8. The number of para-hydroxylation sites is 1. The third-order valence-corrected chi connectivity index (χ3v) is 6.09. The minimum Gasteiger partial charge on any atom is -0.497 e. The maximum atomic E-state index is 12.7. The molecular weight excluding hydrogens is 480 g/mol. The van der Waals surface area contributed by atoms with E-state index in [0.717, 1.165) is 5.56 Å². The first-order chi connectivity index (χ1) is 16.3. The fourth-order valence-electron chi connectivity index (χ4n) is 3.05. The zero-order valence-electron chi connectivity index (χ0n) is 18.0. The molecule has 12 heteroatoms. The number of nitro groups is 1. The fourth-order valence-corrected chi connectivity index (χ4v) is 4.36. The number of nitrogens with one attached hydrogen (secondary N) is 2. The molecular formula is C22H20N4O6S2. The van der Waals surface area contributed by atoms with Crippen molar-refractivity contribution in [2.24, 2.45) is 0 Å². The van der Waals surface area contributed by atoms with Crippen molar-refractivity contribution in [2.75, 3.05) is 13.7 Å². The summed E-state index contributed by atoms with van der Waals surface area (Å²) >= 11 is 6.48. The van der Waals surface area contributed by atoms with E-state index < -0.39 is 16.7 Å². The van der Waals surface area contributed by atoms with Gasteiger partial charge in [-0.3, -0.25) is 40.2 Å². The molecule has 1 fully saturated rings. The molecule has 0 atom stereocenters. The van der Waals surface area contributed by atoms with Crippen molar-refractivity contribution in [3.05, 3.63) is 74.7 Å². The average molecular weight is 501 g/mol. The van der Waals surface area contributed by atoms with Crippen molar-refractivity contribution >= 4 is 57.8 Å². The van der Waals surface area contributed by atoms with E-state index in [0.29, 0.717) is 21.4 Å². The number of nitrogens with zero attached hydrogens (tertiary/aromatic N) is 2. The molecule has 0 aromatic heterocycles. The lowest BCUT2D eigenvalue weighted by Gasteiger charge is -2.14. The molecule has 0 unspecified atom stereocenters. The van der Waals surface area contributed by atoms with E-state index in [4.69, 9.17) is 17.0 Å². The Labute approximate surface area is 204 Å². The third-order valence-electron chi connectivity index (χ3n) is 4.71. The Kier molecular flexibility index (Phi) is 8.33. The number of ether oxygens (including phenoxy) is 1. The number of hydrazine groups is 1. The Balaban J connectivity index is 1.49. The van der Waals surface area contributed by atoms with Gasteiger partial charge in [0.05, 0.1) is 16.9 Å². The molecule has 3 amide bonds. The lowest BCUT2D eigenvalue weighted by atomic mass is 10.2. The maximum absolute atomic E-state index is 12.7. The molecule has 10 nitrogen and oxygen atoms in total. The van der Waals surface area contributed by atoms with Gasteiger partial charge in [-0.2, -0.15) is 0 Å². The molecule has 1 saturated heterocycles. The molecule has 2 aromatic rings. The summed E-state index contributed by atoms with van der Waals surface area (Å²) in [4.78, 5) is 49.2. The standard InChI is InChI=1S/C22H20N4O6S2/c1-32-15-7-4-6-14(12-15)13-18-21(29)25(22(33)34-18)11-5-10-19(27)23-24-20(28)16-8-2-3-9-17(16)26(30)31/h2-4,6-9,12-13H,5,10-11H2,1H3,(H,23,27)(H,24,28). The summed E-state index contributed by atoms with van der Waals surface area (Å²) in [6.07, 6.45) is 2.03. The summed E-state index contributed by atoms with van der Waals surface area (Å²) in [6.45, 7) is 0.228. The number of carbonyl (C=O) groups excluding carboxylic acids is 3. The second-order valence-corrected chi connectivity index (χ2v) is 8.67. The fraction of sp³-hybridized carbons (Fsp3) is 0.182. The molecule has 2 aromatic carbocycles. The molecule has 1 aliphatic rings. The number of thiocarbonyl (C=S) groups is 1. The molecule has 0 bridgehead atoms. The molecule has 2 N–H and O–H groups in total. The molecule has 3 rings (SSSR count). The monoisotopic (exact) mass is 500 g/mol. The Morgan fingerprint density at radius 2 is 1.97 bits per heavy atom. The first-order valence-electron chi connectivity index (χ1n) is 10.0. The van der Waals surface area contributed by atoms with E-state index in [1.807, 2.05) is 12.1 Å². The van der Waals surface area contributed by atoms with E-state index in [9.17, 15) is 24.5 Å². The molecule has 34 heavy (non-hydrogen) atoms. The van der Waals surface area contributed by atoms with Crippen LogP contribution in [0.3, 0.4) is 0 Å². The number of methoxy groups -OCH3 is 1. The van der Waals surface area contributed by atoms with Crippen LogP contribution in [-0.4, -0.2) is 45.5 Å². The van der Waals surface area contributed by atoms with Gasteiger partial charge in [0.2, 0.25) is 5.91 Å². The first-order valence-corrected chi connectivity index (χ1v) is 11.2. The van der Waals surface area contributed by atoms with Gasteiger partial charge in [0.1, 0.15) is 15.6 Å². The van der Waals surface area contributed by atoms with Gasteiger partial charge in [0.15, 0.2) is 0 Å². The predicted molar refractivity (Wildman–Crippen MR) is 131 cm³/mol. The van der Waals surface area contributed by atoms with Crippen molar-refractivity contribution in [3.8, 4) is 5.75 Å². The van der Waals surface area contributed by atoms with Gasteiger partial charge in [0.25, 0.3) is 17.5 Å². The summed E-state index contributed by atoms with van der Waals surface area (Å²) < 4.78 is 5.58. The van der Waals surface area contributed by atoms with Crippen LogP contribution in [0.4, 0.5) is 5.69 Å². The normalized spacial score (nSPS) is 14.3. The lowest BCUT2D eigenvalue weighted by molar-refractivity contribution is -0.385. The quantitative estimate of drug-likeness (QED) is 0.245. The van der Waals surface area contributed by atoms with Crippen LogP contribution in [0.2, 0.25) is 0 Å². The molecule has 0 saturated carbocycles. The van der Waals surface area contributed by atoms with Crippen molar-refractivity contribution in [3.63, 3.8) is 0 Å². The zero-order valence-corrected chi connectivity index (χ0v) is 19.6. The summed E-state index contributed by atoms with van der Waals surface area (Å²) in [5, 5.41) is 11.0. The third kappa shape index (κ3) is 6.17. The summed E-state index contributed by atoms with van der Waals surface area (Å²) in [5.74, 6) is -0.892. The molecule has 1 heterocycles. The number of thioether (sulfide) groups is 1. The van der Waals surface area contributed by atoms with E-state index in [-0.39, 0.29) is 30.1 Å². The van der Waals surface area contributed by atoms with Crippen molar-refractivity contribution in [1.29, 1.82) is 0 Å². The van der Waals surface area contributed by atoms with Crippen LogP contribution in [0, 0.1) is 10.1 Å². The van der Waals surface area contributed by atoms with Crippen LogP contribution in [0.1, 0.15) is 28.8 Å². The van der Waals surface area contributed by atoms with Gasteiger partial charge < -0.3 is 4.74 Å². The van der Waals surface area contributed by atoms with Crippen LogP contribution < -0.4 is 15.6 Å². The predicted octanol–water partition coefficient (Wildman–Crippen LogP) is 3.05. The van der Waals surface area contributed by atoms with Crippen LogP contribution in [0.15, 0.2) is 53.4 Å². The average Bonchev–Trinajstić information content (AvgIpc) is 3.09. The smallest absolute Gasteiger partial charge is 0.282 e. The van der Waals surface area contributed by atoms with Crippen LogP contribution in [0.25, 0.3) is 6.08 Å². The van der Waals surface area contributed by atoms with E-state index in [2.05, 4.69) is 10.9 Å². The van der Waals surface area contributed by atoms with Crippen molar-refractivity contribution < 1.29 is 24.0 Å². The van der Waals surface area contributed by atoms with E-state index in [1.165, 1.54) is 40.9 Å². The molecule has 0 spiro atoms. The Morgan fingerprint density at radius 1 is 1.21 bits per heavy atom. The number of benzene rings is 2. The highest BCUT2D eigenvalue weighted by Crippen LogP contribution is 2.33. The van der Waals surface area contributed by atoms with Crippen LogP contribution >= 0.6 is 24.0 Å². The summed E-state index contributed by atoms with van der Waals surface area (Å²) in [6, 6.07) is 12.7. The van der Waals surface area contributed by atoms with E-state index >= 15 is 0 Å². The molecule has 0 radical (unpaired) electrons. The molecule has 176 valence electrons. The largest absolute Gasteiger partial charge is 0.497 e. The number of rotatable bonds is 8. The number of carbonyl (C=O) groups is 3. The minimum absolute atomic E-state index is 0.00313. The maximum Gasteiger partial charge on any atom is 0.282 e. The molecule has 1 aliphatic heterocycles. The SMILES string of the molecule is COc1cccc(C=C2SC(=S)N(CCCC(=O)NNC(=O)c3ccccc3[N+](=O)[O-])C2=O)c1. The highest BCUT2D eigenvalue weighted by molar-refractivity contribution is 8.26. The van der Waals surface area contributed by atoms with Crippen LogP contribution in [0.5, 0.6) is 5.75 Å². The first kappa shape index (κ1) is 24.9. The summed E-state index contributed by atoms with van der Waals surface area (Å²) in [7, 11) is 1.56. The zero-order chi connectivity index (χ0) is 24.7. The van der Waals surface area contributed by atoms with Gasteiger partial charge in [-0.05, 0) is 36.3 Å². The molecule has 0 aliphatic carbocycles. The summed E-state index contributed by atoms with van der Waals surface area (Å²) in [5.41, 5.74) is 4.64. The van der Waals surface area contributed by atoms with Crippen molar-refractivity contribution in [1.82, 2.24) is 15.8 Å². The second-order valence-electron chi connectivity index (χ2n) is 6.99. The Morgan fingerprint density at radius 3 is 2.71 bits per heavy atom. The van der Waals surface area contributed by atoms with Gasteiger partial charge in [-0.15, -0.1) is 0 Å². The highest BCUT2D eigenvalue weighted by Gasteiger charge is 2.31. The Hall–Kier alpha value is -3.77. The van der Waals surface area contributed by atoms with Crippen molar-refractivity contribution in [2.45, 2.75) is 12.8 Å². The number of nitro benzene ring substituents is 1. The van der Waals surface area contributed by atoms with E-state index in [1.54, 1.807) is 25.3 Å². The topological polar surface area (TPSA) is 131 Å². The van der Waals surface area contributed by atoms with Gasteiger partial charge >= 0.3 is 0 Å². The van der Waals surface area contributed by atoms with Gasteiger partial charge in [-0.1, -0.05) is 48.2 Å². The second kappa shape index (κ2) is 11.4. The van der Waals surface area contributed by atoms with Crippen LogP contribution in [-0.2, 0) is 9.59 Å². The van der Waals surface area contributed by atoms with Gasteiger partial charge in [0, 0.05) is 19.0 Å². The van der Waals surface area contributed by atoms with Gasteiger partial charge in [-0.25, -0.2) is 0 Å². The number of hydrogen-bond donors (Lipinski definition) is 2. The number of amides is 3. The Bertz CT molecular complexity index is 1180. The minimum atomic E-state index is -0.805. The highest BCUT2D eigenvalue weighted by atomic mass is 32.2.